The van der Waals surface area contributed by atoms with E-state index in [1.54, 1.807) is 6.20 Å². The van der Waals surface area contributed by atoms with Crippen molar-refractivity contribution in [2.75, 3.05) is 18.0 Å². The molecule has 1 aliphatic rings. The Bertz CT molecular complexity index is 688. The fraction of sp³-hybridized carbons (Fsp3) is 0.375. The highest BCUT2D eigenvalue weighted by atomic mass is 19.1. The predicted molar refractivity (Wildman–Crippen MR) is 83.5 cm³/mol. The molecule has 0 unspecified atom stereocenters. The van der Waals surface area contributed by atoms with Crippen LogP contribution in [0.3, 0.4) is 0 Å². The van der Waals surface area contributed by atoms with E-state index < -0.39 is 11.7 Å². The molecule has 0 radical (unpaired) electrons. The zero-order chi connectivity index (χ0) is 16.1. The van der Waals surface area contributed by atoms with Crippen molar-refractivity contribution in [3.05, 3.63) is 47.9 Å². The largest absolute Gasteiger partial charge is 0.357 e. The van der Waals surface area contributed by atoms with Gasteiger partial charge in [0, 0.05) is 25.5 Å². The number of halogens is 1. The summed E-state index contributed by atoms with van der Waals surface area (Å²) >= 11 is 0. The number of aromatic nitrogens is 3. The van der Waals surface area contributed by atoms with Crippen molar-refractivity contribution in [3.8, 4) is 0 Å². The first-order chi connectivity index (χ1) is 11.2. The Morgan fingerprint density at radius 1 is 1.22 bits per heavy atom. The Hall–Kier alpha value is -2.57. The summed E-state index contributed by atoms with van der Waals surface area (Å²) in [5.41, 5.74) is -0.0350. The molecular formula is C16H18FN5O. The van der Waals surface area contributed by atoms with Gasteiger partial charge in [-0.05, 0) is 31.4 Å². The smallest absolute Gasteiger partial charge is 0.254 e. The van der Waals surface area contributed by atoms with Crippen molar-refractivity contribution >= 4 is 11.7 Å². The number of pyridine rings is 1. The van der Waals surface area contributed by atoms with Crippen molar-refractivity contribution < 1.29 is 9.18 Å². The molecule has 0 bridgehead atoms. The van der Waals surface area contributed by atoms with E-state index >= 15 is 0 Å². The third-order valence-electron chi connectivity index (χ3n) is 3.79. The van der Waals surface area contributed by atoms with E-state index in [-0.39, 0.29) is 12.1 Å². The summed E-state index contributed by atoms with van der Waals surface area (Å²) in [6.07, 6.45) is 7.66. The quantitative estimate of drug-likeness (QED) is 0.933. The van der Waals surface area contributed by atoms with Crippen LogP contribution in [0.2, 0.25) is 0 Å². The van der Waals surface area contributed by atoms with E-state index in [0.29, 0.717) is 5.82 Å². The van der Waals surface area contributed by atoms with Crippen molar-refractivity contribution in [2.45, 2.75) is 25.8 Å². The Kier molecular flexibility index (Phi) is 4.75. The maximum absolute atomic E-state index is 13.5. The zero-order valence-electron chi connectivity index (χ0n) is 12.7. The molecule has 23 heavy (non-hydrogen) atoms. The van der Waals surface area contributed by atoms with Gasteiger partial charge < -0.3 is 10.2 Å². The molecule has 0 aliphatic carbocycles. The first kappa shape index (κ1) is 15.3. The van der Waals surface area contributed by atoms with Crippen LogP contribution in [0.25, 0.3) is 0 Å². The zero-order valence-corrected chi connectivity index (χ0v) is 12.7. The SMILES string of the molecule is O=C(NCc1nccc(N2CCCCC2)n1)c1ccncc1F. The fourth-order valence-electron chi connectivity index (χ4n) is 2.59. The summed E-state index contributed by atoms with van der Waals surface area (Å²) in [4.78, 5) is 26.5. The van der Waals surface area contributed by atoms with Crippen molar-refractivity contribution in [1.29, 1.82) is 0 Å². The van der Waals surface area contributed by atoms with Gasteiger partial charge >= 0.3 is 0 Å². The van der Waals surface area contributed by atoms with E-state index in [1.807, 2.05) is 6.07 Å². The van der Waals surface area contributed by atoms with Crippen LogP contribution >= 0.6 is 0 Å². The third kappa shape index (κ3) is 3.80. The molecule has 1 fully saturated rings. The fourth-order valence-corrected chi connectivity index (χ4v) is 2.59. The Balaban J connectivity index is 1.64. The Morgan fingerprint density at radius 2 is 2.04 bits per heavy atom. The molecule has 120 valence electrons. The van der Waals surface area contributed by atoms with E-state index in [1.165, 1.54) is 18.7 Å². The molecule has 2 aromatic rings. The number of carbonyl (C=O) groups is 1. The van der Waals surface area contributed by atoms with Crippen LogP contribution in [-0.4, -0.2) is 33.9 Å². The summed E-state index contributed by atoms with van der Waals surface area (Å²) in [7, 11) is 0. The van der Waals surface area contributed by atoms with Crippen LogP contribution in [0.4, 0.5) is 10.2 Å². The molecule has 2 aromatic heterocycles. The molecule has 0 atom stereocenters. The van der Waals surface area contributed by atoms with Crippen LogP contribution in [0.15, 0.2) is 30.7 Å². The number of hydrogen-bond donors (Lipinski definition) is 1. The van der Waals surface area contributed by atoms with Gasteiger partial charge in [-0.1, -0.05) is 0 Å². The second kappa shape index (κ2) is 7.13. The summed E-state index contributed by atoms with van der Waals surface area (Å²) in [6, 6.07) is 3.22. The van der Waals surface area contributed by atoms with Gasteiger partial charge in [0.2, 0.25) is 0 Å². The van der Waals surface area contributed by atoms with Crippen LogP contribution in [0, 0.1) is 5.82 Å². The van der Waals surface area contributed by atoms with E-state index in [4.69, 9.17) is 0 Å². The average molecular weight is 315 g/mol. The van der Waals surface area contributed by atoms with Gasteiger partial charge in [0.25, 0.3) is 5.91 Å². The maximum Gasteiger partial charge on any atom is 0.254 e. The number of rotatable bonds is 4. The second-order valence-electron chi connectivity index (χ2n) is 5.42. The summed E-state index contributed by atoms with van der Waals surface area (Å²) in [5.74, 6) is 0.236. The predicted octanol–water partition coefficient (Wildman–Crippen LogP) is 1.93. The first-order valence-corrected chi connectivity index (χ1v) is 7.68. The molecule has 7 heteroatoms. The van der Waals surface area contributed by atoms with E-state index in [0.717, 1.165) is 37.9 Å². The molecule has 0 spiro atoms. The lowest BCUT2D eigenvalue weighted by molar-refractivity contribution is 0.0945. The van der Waals surface area contributed by atoms with Crippen molar-refractivity contribution in [1.82, 2.24) is 20.3 Å². The number of nitrogens with zero attached hydrogens (tertiary/aromatic N) is 4. The van der Waals surface area contributed by atoms with Crippen LogP contribution in [0.5, 0.6) is 0 Å². The van der Waals surface area contributed by atoms with Gasteiger partial charge in [-0.2, -0.15) is 0 Å². The molecule has 3 heterocycles. The molecule has 3 rings (SSSR count). The Labute approximate surface area is 133 Å². The second-order valence-corrected chi connectivity index (χ2v) is 5.42. The number of carbonyl (C=O) groups excluding carboxylic acids is 1. The number of amides is 1. The van der Waals surface area contributed by atoms with Crippen molar-refractivity contribution in [2.24, 2.45) is 0 Å². The average Bonchev–Trinajstić information content (AvgIpc) is 2.61. The van der Waals surface area contributed by atoms with Crippen LogP contribution < -0.4 is 10.2 Å². The minimum Gasteiger partial charge on any atom is -0.357 e. The third-order valence-corrected chi connectivity index (χ3v) is 3.79. The van der Waals surface area contributed by atoms with Crippen molar-refractivity contribution in [3.63, 3.8) is 0 Å². The number of piperidine rings is 1. The van der Waals surface area contributed by atoms with Crippen LogP contribution in [-0.2, 0) is 6.54 Å². The highest BCUT2D eigenvalue weighted by Gasteiger charge is 2.14. The topological polar surface area (TPSA) is 71.0 Å². The van der Waals surface area contributed by atoms with Gasteiger partial charge in [-0.25, -0.2) is 14.4 Å². The van der Waals surface area contributed by atoms with E-state index in [2.05, 4.69) is 25.2 Å². The molecule has 0 saturated carbocycles. The number of hydrogen-bond acceptors (Lipinski definition) is 5. The lowest BCUT2D eigenvalue weighted by atomic mass is 10.1. The van der Waals surface area contributed by atoms with Gasteiger partial charge in [-0.15, -0.1) is 0 Å². The molecule has 1 amide bonds. The van der Waals surface area contributed by atoms with Gasteiger partial charge in [0.05, 0.1) is 18.3 Å². The highest BCUT2D eigenvalue weighted by molar-refractivity contribution is 5.94. The van der Waals surface area contributed by atoms with E-state index in [9.17, 15) is 9.18 Å². The lowest BCUT2D eigenvalue weighted by Crippen LogP contribution is -2.31. The molecule has 1 saturated heterocycles. The molecule has 0 aromatic carbocycles. The molecular weight excluding hydrogens is 297 g/mol. The molecule has 1 N–H and O–H groups in total. The van der Waals surface area contributed by atoms with Gasteiger partial charge in [-0.3, -0.25) is 9.78 Å². The highest BCUT2D eigenvalue weighted by Crippen LogP contribution is 2.16. The van der Waals surface area contributed by atoms with Gasteiger partial charge in [0.1, 0.15) is 11.6 Å². The molecule has 1 aliphatic heterocycles. The monoisotopic (exact) mass is 315 g/mol. The normalized spacial score (nSPS) is 14.6. The Morgan fingerprint density at radius 3 is 2.83 bits per heavy atom. The summed E-state index contributed by atoms with van der Waals surface area (Å²) in [5, 5.41) is 2.64. The standard InChI is InChI=1S/C16H18FN5O/c17-13-10-18-6-4-12(13)16(23)20-11-14-19-7-5-15(21-14)22-8-2-1-3-9-22/h4-7,10H,1-3,8-9,11H2,(H,20,23). The molecule has 6 nitrogen and oxygen atoms in total. The lowest BCUT2D eigenvalue weighted by Gasteiger charge is -2.27. The first-order valence-electron chi connectivity index (χ1n) is 7.68. The minimum absolute atomic E-state index is 0.0350. The number of anilines is 1. The summed E-state index contributed by atoms with van der Waals surface area (Å²) < 4.78 is 13.5. The van der Waals surface area contributed by atoms with Crippen LogP contribution in [0.1, 0.15) is 35.4 Å². The minimum atomic E-state index is -0.645. The summed E-state index contributed by atoms with van der Waals surface area (Å²) in [6.45, 7) is 2.14. The van der Waals surface area contributed by atoms with Gasteiger partial charge in [0.15, 0.2) is 5.82 Å². The number of nitrogens with one attached hydrogen (secondary N) is 1. The maximum atomic E-state index is 13.5.